The number of amides is 3. The molecule has 0 unspecified atom stereocenters. The van der Waals surface area contributed by atoms with Gasteiger partial charge >= 0.3 is 6.03 Å². The number of carbonyl (C=O) groups excluding carboxylic acids is 2. The van der Waals surface area contributed by atoms with Gasteiger partial charge in [0.25, 0.3) is 5.91 Å². The monoisotopic (exact) mass is 430 g/mol. The highest BCUT2D eigenvalue weighted by Gasteiger charge is 2.35. The normalized spacial score (nSPS) is 15.4. The van der Waals surface area contributed by atoms with E-state index in [-0.39, 0.29) is 5.70 Å². The zero-order valence-corrected chi connectivity index (χ0v) is 16.5. The maximum absolute atomic E-state index is 12.6. The largest absolute Gasteiger partial charge is 0.450 e. The second-order valence-electron chi connectivity index (χ2n) is 5.82. The summed E-state index contributed by atoms with van der Waals surface area (Å²) in [6.07, 6.45) is 1.50. The molecule has 1 aliphatic heterocycles. The quantitative estimate of drug-likeness (QED) is 0.417. The minimum Gasteiger partial charge on any atom is -0.450 e. The Balaban J connectivity index is 1.53. The van der Waals surface area contributed by atoms with Crippen molar-refractivity contribution in [3.8, 4) is 0 Å². The molecule has 4 rings (SSSR count). The van der Waals surface area contributed by atoms with E-state index in [1.807, 2.05) is 12.1 Å². The molecule has 3 aromatic rings. The van der Waals surface area contributed by atoms with E-state index in [1.54, 1.807) is 48.5 Å². The molecular weight excluding hydrogens is 419 g/mol. The molecule has 2 heterocycles. The molecule has 1 aromatic heterocycles. The lowest BCUT2D eigenvalue weighted by Crippen LogP contribution is -2.30. The summed E-state index contributed by atoms with van der Waals surface area (Å²) in [6.45, 7) is 0. The summed E-state index contributed by atoms with van der Waals surface area (Å²) in [5, 5.41) is 4.31. The van der Waals surface area contributed by atoms with E-state index in [2.05, 4.69) is 5.32 Å². The minimum absolute atomic E-state index is 0.127. The zero-order chi connectivity index (χ0) is 19.7. The van der Waals surface area contributed by atoms with Crippen molar-refractivity contribution in [2.45, 2.75) is 9.99 Å². The Bertz CT molecular complexity index is 1090. The molecule has 140 valence electrons. The summed E-state index contributed by atoms with van der Waals surface area (Å²) in [5.41, 5.74) is 0.527. The van der Waals surface area contributed by atoms with Crippen molar-refractivity contribution in [2.24, 2.45) is 0 Å². The molecule has 1 fully saturated rings. The van der Waals surface area contributed by atoms with Crippen molar-refractivity contribution in [2.75, 3.05) is 4.90 Å². The number of rotatable bonds is 4. The minimum atomic E-state index is -0.541. The first-order valence-corrected chi connectivity index (χ1v) is 9.73. The fourth-order valence-corrected chi connectivity index (χ4v) is 3.70. The number of benzene rings is 2. The molecule has 0 atom stereocenters. The van der Waals surface area contributed by atoms with Crippen LogP contribution in [-0.2, 0) is 4.79 Å². The molecule has 8 heteroatoms. The van der Waals surface area contributed by atoms with Crippen LogP contribution in [0.25, 0.3) is 6.08 Å². The summed E-state index contributed by atoms with van der Waals surface area (Å²) in [4.78, 5) is 26.9. The second kappa shape index (κ2) is 7.75. The lowest BCUT2D eigenvalue weighted by molar-refractivity contribution is -0.113. The lowest BCUT2D eigenvalue weighted by atomic mass is 10.3. The van der Waals surface area contributed by atoms with Gasteiger partial charge in [-0.25, -0.2) is 9.69 Å². The topological polar surface area (TPSA) is 62.6 Å². The average Bonchev–Trinajstić information content (AvgIpc) is 3.21. The molecular formula is C20H12Cl2N2O3S. The highest BCUT2D eigenvalue weighted by Crippen LogP contribution is 2.31. The Morgan fingerprint density at radius 2 is 1.75 bits per heavy atom. The van der Waals surface area contributed by atoms with Crippen LogP contribution in [0.3, 0.4) is 0 Å². The van der Waals surface area contributed by atoms with E-state index in [9.17, 15) is 9.59 Å². The van der Waals surface area contributed by atoms with Crippen molar-refractivity contribution in [1.82, 2.24) is 5.32 Å². The van der Waals surface area contributed by atoms with Gasteiger partial charge < -0.3 is 9.73 Å². The Morgan fingerprint density at radius 3 is 2.50 bits per heavy atom. The predicted molar refractivity (Wildman–Crippen MR) is 110 cm³/mol. The third-order valence-electron chi connectivity index (χ3n) is 3.87. The number of nitrogens with one attached hydrogen (secondary N) is 1. The Hall–Kier alpha value is -2.67. The highest BCUT2D eigenvalue weighted by atomic mass is 35.5. The van der Waals surface area contributed by atoms with Crippen molar-refractivity contribution >= 4 is 58.7 Å². The number of anilines is 1. The maximum Gasteiger partial charge on any atom is 0.333 e. The van der Waals surface area contributed by atoms with Gasteiger partial charge in [0, 0.05) is 21.0 Å². The van der Waals surface area contributed by atoms with Crippen molar-refractivity contribution in [1.29, 1.82) is 0 Å². The third-order valence-corrected chi connectivity index (χ3v) is 5.28. The van der Waals surface area contributed by atoms with Crippen LogP contribution in [-0.4, -0.2) is 11.9 Å². The number of imide groups is 1. The number of nitrogens with zero attached hydrogens (tertiary/aromatic N) is 1. The van der Waals surface area contributed by atoms with Crippen LogP contribution < -0.4 is 10.2 Å². The molecule has 0 saturated carbocycles. The molecule has 0 spiro atoms. The number of urea groups is 1. The van der Waals surface area contributed by atoms with E-state index in [1.165, 1.54) is 17.8 Å². The van der Waals surface area contributed by atoms with Gasteiger partial charge in [0.1, 0.15) is 11.5 Å². The fraction of sp³-hybridized carbons (Fsp3) is 0. The second-order valence-corrected chi connectivity index (χ2v) is 7.77. The molecule has 0 bridgehead atoms. The first-order chi connectivity index (χ1) is 13.5. The Morgan fingerprint density at radius 1 is 0.964 bits per heavy atom. The molecule has 5 nitrogen and oxygen atoms in total. The fourth-order valence-electron chi connectivity index (χ4n) is 2.61. The molecule has 1 saturated heterocycles. The maximum atomic E-state index is 12.6. The van der Waals surface area contributed by atoms with Gasteiger partial charge in [0.05, 0.1) is 5.69 Å². The summed E-state index contributed by atoms with van der Waals surface area (Å²) < 4.78 is 5.73. The van der Waals surface area contributed by atoms with Gasteiger partial charge in [0.15, 0.2) is 5.09 Å². The van der Waals surface area contributed by atoms with Gasteiger partial charge in [-0.05, 0) is 54.6 Å². The van der Waals surface area contributed by atoms with Crippen LogP contribution in [0.5, 0.6) is 0 Å². The number of hydrogen-bond donors (Lipinski definition) is 1. The average molecular weight is 431 g/mol. The van der Waals surface area contributed by atoms with Crippen molar-refractivity contribution in [3.63, 3.8) is 0 Å². The number of carbonyl (C=O) groups is 2. The third kappa shape index (κ3) is 3.94. The Kier molecular flexibility index (Phi) is 5.17. The van der Waals surface area contributed by atoms with E-state index in [0.717, 1.165) is 9.80 Å². The van der Waals surface area contributed by atoms with E-state index in [0.29, 0.717) is 26.6 Å². The van der Waals surface area contributed by atoms with Crippen LogP contribution in [0.2, 0.25) is 10.0 Å². The van der Waals surface area contributed by atoms with Crippen molar-refractivity contribution < 1.29 is 14.0 Å². The van der Waals surface area contributed by atoms with Gasteiger partial charge in [-0.1, -0.05) is 41.0 Å². The van der Waals surface area contributed by atoms with E-state index in [4.69, 9.17) is 27.6 Å². The SMILES string of the molecule is O=C1N/C(=C/c2ccc(Sc3ccc(Cl)cc3)o2)C(=O)N1c1cccc(Cl)c1. The summed E-state index contributed by atoms with van der Waals surface area (Å²) in [5.74, 6) is -0.0244. The van der Waals surface area contributed by atoms with Crippen LogP contribution in [0, 0.1) is 0 Å². The van der Waals surface area contributed by atoms with E-state index < -0.39 is 11.9 Å². The molecule has 28 heavy (non-hydrogen) atoms. The smallest absolute Gasteiger partial charge is 0.333 e. The predicted octanol–water partition coefficient (Wildman–Crippen LogP) is 5.83. The van der Waals surface area contributed by atoms with Crippen LogP contribution in [0.15, 0.2) is 80.8 Å². The number of halogens is 2. The van der Waals surface area contributed by atoms with Gasteiger partial charge in [0.2, 0.25) is 0 Å². The molecule has 2 aromatic carbocycles. The summed E-state index contributed by atoms with van der Waals surface area (Å²) in [7, 11) is 0. The molecule has 3 amide bonds. The first-order valence-electron chi connectivity index (χ1n) is 8.15. The summed E-state index contributed by atoms with van der Waals surface area (Å²) >= 11 is 13.3. The highest BCUT2D eigenvalue weighted by molar-refractivity contribution is 7.99. The molecule has 1 aliphatic rings. The lowest BCUT2D eigenvalue weighted by Gasteiger charge is -2.11. The van der Waals surface area contributed by atoms with Crippen molar-refractivity contribution in [3.05, 3.63) is 82.2 Å². The van der Waals surface area contributed by atoms with Gasteiger partial charge in [-0.2, -0.15) is 0 Å². The van der Waals surface area contributed by atoms with Crippen LogP contribution in [0.4, 0.5) is 10.5 Å². The first kappa shape index (κ1) is 18.7. The molecule has 0 radical (unpaired) electrons. The standard InChI is InChI=1S/C20H12Cl2N2O3S/c21-12-4-7-16(8-5-12)28-18-9-6-15(27-18)11-17-19(25)24(20(26)23-17)14-3-1-2-13(22)10-14/h1-11H,(H,23,26)/b17-11+. The van der Waals surface area contributed by atoms with Gasteiger partial charge in [-0.15, -0.1) is 0 Å². The molecule has 1 N–H and O–H groups in total. The van der Waals surface area contributed by atoms with Crippen LogP contribution >= 0.6 is 35.0 Å². The summed E-state index contributed by atoms with van der Waals surface area (Å²) in [6, 6.07) is 16.9. The molecule has 0 aliphatic carbocycles. The van der Waals surface area contributed by atoms with E-state index >= 15 is 0 Å². The Labute approximate surface area is 174 Å². The van der Waals surface area contributed by atoms with Gasteiger partial charge in [-0.3, -0.25) is 4.79 Å². The zero-order valence-electron chi connectivity index (χ0n) is 14.2. The number of furan rings is 1. The number of hydrogen-bond acceptors (Lipinski definition) is 4. The van der Waals surface area contributed by atoms with Crippen LogP contribution in [0.1, 0.15) is 5.76 Å².